The van der Waals surface area contributed by atoms with Gasteiger partial charge in [0.1, 0.15) is 0 Å². The molecular formula is C14H18BrNO2. The molecule has 1 heterocycles. The van der Waals surface area contributed by atoms with Gasteiger partial charge in [-0.2, -0.15) is 0 Å². The zero-order valence-corrected chi connectivity index (χ0v) is 12.3. The number of benzene rings is 1. The highest BCUT2D eigenvalue weighted by molar-refractivity contribution is 9.10. The molecule has 0 aromatic heterocycles. The average Bonchev–Trinajstić information content (AvgIpc) is 2.85. The van der Waals surface area contributed by atoms with Gasteiger partial charge in [0.05, 0.1) is 6.61 Å². The van der Waals surface area contributed by atoms with Crippen molar-refractivity contribution in [3.05, 3.63) is 33.8 Å². The summed E-state index contributed by atoms with van der Waals surface area (Å²) in [6.45, 7) is 5.55. The lowest BCUT2D eigenvalue weighted by Gasteiger charge is -2.19. The predicted octanol–water partition coefficient (Wildman–Crippen LogP) is 2.91. The molecule has 1 amide bonds. The summed E-state index contributed by atoms with van der Waals surface area (Å²) in [4.78, 5) is 12.2. The van der Waals surface area contributed by atoms with E-state index in [0.717, 1.165) is 35.2 Å². The number of carbonyl (C=O) groups is 1. The second-order valence-electron chi connectivity index (χ2n) is 4.85. The third-order valence-corrected chi connectivity index (χ3v) is 3.97. The second kappa shape index (κ2) is 5.85. The number of hydrogen-bond acceptors (Lipinski definition) is 2. The fourth-order valence-corrected chi connectivity index (χ4v) is 2.55. The molecular weight excluding hydrogens is 294 g/mol. The van der Waals surface area contributed by atoms with Crippen molar-refractivity contribution in [3.8, 4) is 0 Å². The maximum Gasteiger partial charge on any atom is 0.251 e. The number of hydrogen-bond donors (Lipinski definition) is 1. The number of aryl methyl sites for hydroxylation is 1. The molecule has 1 N–H and O–H groups in total. The Labute approximate surface area is 116 Å². The number of nitrogens with one attached hydrogen (secondary N) is 1. The van der Waals surface area contributed by atoms with Crippen LogP contribution in [0.5, 0.6) is 0 Å². The van der Waals surface area contributed by atoms with Crippen LogP contribution in [-0.4, -0.2) is 25.2 Å². The quantitative estimate of drug-likeness (QED) is 0.932. The lowest BCUT2D eigenvalue weighted by Crippen LogP contribution is -2.38. The summed E-state index contributed by atoms with van der Waals surface area (Å²) in [6.07, 6.45) is 1.03. The molecule has 1 aliphatic heterocycles. The smallest absolute Gasteiger partial charge is 0.251 e. The Hall–Kier alpha value is -0.870. The monoisotopic (exact) mass is 311 g/mol. The summed E-state index contributed by atoms with van der Waals surface area (Å²) in [5, 5.41) is 3.07. The van der Waals surface area contributed by atoms with E-state index in [0.29, 0.717) is 5.92 Å². The lowest BCUT2D eigenvalue weighted by atomic mass is 10.00. The summed E-state index contributed by atoms with van der Waals surface area (Å²) in [5.74, 6) is 0.426. The van der Waals surface area contributed by atoms with E-state index in [2.05, 4.69) is 21.2 Å². The van der Waals surface area contributed by atoms with Crippen molar-refractivity contribution in [3.63, 3.8) is 0 Å². The molecule has 2 atom stereocenters. The molecule has 3 nitrogen and oxygen atoms in total. The van der Waals surface area contributed by atoms with Crippen LogP contribution in [0.15, 0.2) is 22.7 Å². The largest absolute Gasteiger partial charge is 0.381 e. The topological polar surface area (TPSA) is 38.3 Å². The molecule has 2 unspecified atom stereocenters. The van der Waals surface area contributed by atoms with Crippen LogP contribution < -0.4 is 5.32 Å². The Morgan fingerprint density at radius 2 is 2.33 bits per heavy atom. The Balaban J connectivity index is 2.04. The Bertz CT molecular complexity index is 441. The van der Waals surface area contributed by atoms with E-state index in [4.69, 9.17) is 4.74 Å². The molecule has 1 saturated heterocycles. The molecule has 18 heavy (non-hydrogen) atoms. The van der Waals surface area contributed by atoms with Gasteiger partial charge in [0.15, 0.2) is 0 Å². The molecule has 1 aromatic carbocycles. The van der Waals surface area contributed by atoms with Gasteiger partial charge < -0.3 is 10.1 Å². The maximum absolute atomic E-state index is 12.2. The minimum absolute atomic E-state index is 0.00630. The van der Waals surface area contributed by atoms with Crippen LogP contribution in [-0.2, 0) is 4.74 Å². The zero-order valence-electron chi connectivity index (χ0n) is 10.7. The molecule has 0 radical (unpaired) electrons. The van der Waals surface area contributed by atoms with Gasteiger partial charge in [0.25, 0.3) is 5.91 Å². The van der Waals surface area contributed by atoms with Crippen molar-refractivity contribution >= 4 is 21.8 Å². The Kier molecular flexibility index (Phi) is 4.40. The number of rotatable bonds is 3. The van der Waals surface area contributed by atoms with E-state index in [1.165, 1.54) is 0 Å². The second-order valence-corrected chi connectivity index (χ2v) is 5.76. The van der Waals surface area contributed by atoms with Crippen LogP contribution in [0, 0.1) is 12.8 Å². The molecule has 0 bridgehead atoms. The van der Waals surface area contributed by atoms with E-state index < -0.39 is 0 Å². The summed E-state index contributed by atoms with van der Waals surface area (Å²) >= 11 is 3.40. The fourth-order valence-electron chi connectivity index (χ4n) is 2.19. The van der Waals surface area contributed by atoms with Crippen LogP contribution in [0.3, 0.4) is 0 Å². The van der Waals surface area contributed by atoms with Crippen molar-refractivity contribution in [1.29, 1.82) is 0 Å². The summed E-state index contributed by atoms with van der Waals surface area (Å²) in [7, 11) is 0. The minimum Gasteiger partial charge on any atom is -0.381 e. The first-order valence-electron chi connectivity index (χ1n) is 6.22. The van der Waals surface area contributed by atoms with Crippen molar-refractivity contribution in [2.24, 2.45) is 5.92 Å². The van der Waals surface area contributed by atoms with Crippen molar-refractivity contribution in [2.75, 3.05) is 13.2 Å². The number of halogens is 1. The van der Waals surface area contributed by atoms with Crippen molar-refractivity contribution < 1.29 is 9.53 Å². The number of amides is 1. The summed E-state index contributed by atoms with van der Waals surface area (Å²) in [6, 6.07) is 5.91. The first-order valence-corrected chi connectivity index (χ1v) is 7.02. The first kappa shape index (κ1) is 13.6. The van der Waals surface area contributed by atoms with Gasteiger partial charge in [-0.3, -0.25) is 4.79 Å². The molecule has 2 rings (SSSR count). The fraction of sp³-hybridized carbons (Fsp3) is 0.500. The van der Waals surface area contributed by atoms with Gasteiger partial charge in [-0.25, -0.2) is 0 Å². The maximum atomic E-state index is 12.2. The minimum atomic E-state index is -0.00630. The average molecular weight is 312 g/mol. The molecule has 1 aromatic rings. The molecule has 98 valence electrons. The standard InChI is InChI=1S/C14H18BrNO2/c1-9-3-4-12(15)7-13(9)14(17)16-10(2)11-5-6-18-8-11/h3-4,7,10-11H,5-6,8H2,1-2H3,(H,16,17). The van der Waals surface area contributed by atoms with Gasteiger partial charge in [-0.1, -0.05) is 22.0 Å². The van der Waals surface area contributed by atoms with Crippen LogP contribution >= 0.6 is 15.9 Å². The molecule has 4 heteroatoms. The van der Waals surface area contributed by atoms with Crippen molar-refractivity contribution in [2.45, 2.75) is 26.3 Å². The van der Waals surface area contributed by atoms with E-state index in [-0.39, 0.29) is 11.9 Å². The van der Waals surface area contributed by atoms with Crippen molar-refractivity contribution in [1.82, 2.24) is 5.32 Å². The van der Waals surface area contributed by atoms with Gasteiger partial charge in [0.2, 0.25) is 0 Å². The highest BCUT2D eigenvalue weighted by atomic mass is 79.9. The molecule has 1 aliphatic rings. The van der Waals surface area contributed by atoms with Crippen LogP contribution in [0.4, 0.5) is 0 Å². The van der Waals surface area contributed by atoms with E-state index >= 15 is 0 Å². The van der Waals surface area contributed by atoms with Crippen LogP contribution in [0.2, 0.25) is 0 Å². The molecule has 0 saturated carbocycles. The number of ether oxygens (including phenoxy) is 1. The normalized spacial score (nSPS) is 20.7. The first-order chi connectivity index (χ1) is 8.58. The summed E-state index contributed by atoms with van der Waals surface area (Å²) < 4.78 is 6.28. The third kappa shape index (κ3) is 3.12. The summed E-state index contributed by atoms with van der Waals surface area (Å²) in [5.41, 5.74) is 1.72. The van der Waals surface area contributed by atoms with Crippen LogP contribution in [0.25, 0.3) is 0 Å². The molecule has 0 aliphatic carbocycles. The highest BCUT2D eigenvalue weighted by Gasteiger charge is 2.24. The van der Waals surface area contributed by atoms with Gasteiger partial charge >= 0.3 is 0 Å². The lowest BCUT2D eigenvalue weighted by molar-refractivity contribution is 0.0921. The van der Waals surface area contributed by atoms with Gasteiger partial charge in [0, 0.05) is 28.6 Å². The predicted molar refractivity (Wildman–Crippen MR) is 74.7 cm³/mol. The van der Waals surface area contributed by atoms with E-state index in [1.54, 1.807) is 0 Å². The van der Waals surface area contributed by atoms with E-state index in [9.17, 15) is 4.79 Å². The van der Waals surface area contributed by atoms with E-state index in [1.807, 2.05) is 32.0 Å². The third-order valence-electron chi connectivity index (χ3n) is 3.48. The highest BCUT2D eigenvalue weighted by Crippen LogP contribution is 2.19. The zero-order chi connectivity index (χ0) is 13.1. The van der Waals surface area contributed by atoms with Gasteiger partial charge in [-0.05, 0) is 38.0 Å². The van der Waals surface area contributed by atoms with Crippen LogP contribution in [0.1, 0.15) is 29.3 Å². The SMILES string of the molecule is Cc1ccc(Br)cc1C(=O)NC(C)C1CCOC1. The molecule has 0 spiro atoms. The Morgan fingerprint density at radius 1 is 1.56 bits per heavy atom. The van der Waals surface area contributed by atoms with Gasteiger partial charge in [-0.15, -0.1) is 0 Å². The molecule has 1 fully saturated rings. The Morgan fingerprint density at radius 3 is 3.00 bits per heavy atom. The number of carbonyl (C=O) groups excluding carboxylic acids is 1.